The molecular formula is C82H104F6N2O15. The minimum atomic E-state index is -5.08. The predicted octanol–water partition coefficient (Wildman–Crippen LogP) is 17.6. The van der Waals surface area contributed by atoms with Gasteiger partial charge in [0.1, 0.15) is 34.9 Å². The van der Waals surface area contributed by atoms with E-state index in [1.54, 1.807) is 0 Å². The molecule has 0 amide bonds. The van der Waals surface area contributed by atoms with Crippen LogP contribution in [0.15, 0.2) is 146 Å². The monoisotopic (exact) mass is 1470 g/mol. The fourth-order valence-corrected chi connectivity index (χ4v) is 11.6. The number of carbonyl (C=O) groups excluding carboxylic acids is 4. The molecule has 6 aromatic rings. The summed E-state index contributed by atoms with van der Waals surface area (Å²) in [4.78, 5) is 67.9. The SMILES string of the molecule is CC(C)c1cccc([C@H](C)C2CC2)c1OCOC(=O)[C@@H](CC(=O)OC(C)(C)C)Cc1ccccc1.CC(C)c1cccc([C@H](C)C2CC2)c1OCOC(=O)[C@@H](N)Cc1ccccc1.CC(C)c1cccc([C@H](C)C2CC2)c1OCOC(=O)[C@@H](N)Cc1ccccc1.O=C(O)C(F)(F)F.O=C(O)C(F)(F)F. The van der Waals surface area contributed by atoms with Gasteiger partial charge in [0.25, 0.3) is 0 Å². The molecule has 17 nitrogen and oxygen atoms in total. The van der Waals surface area contributed by atoms with E-state index in [2.05, 4.69) is 117 Å². The molecule has 0 aliphatic heterocycles. The molecule has 6 aromatic carbocycles. The molecule has 0 saturated heterocycles. The second-order valence-electron chi connectivity index (χ2n) is 28.7. The number of aliphatic carboxylic acids is 2. The Morgan fingerprint density at radius 2 is 0.657 bits per heavy atom. The van der Waals surface area contributed by atoms with E-state index in [-0.39, 0.29) is 32.7 Å². The van der Waals surface area contributed by atoms with Gasteiger partial charge in [-0.05, 0) is 182 Å². The third-order valence-electron chi connectivity index (χ3n) is 17.9. The van der Waals surface area contributed by atoms with Gasteiger partial charge in [-0.15, -0.1) is 0 Å². The number of carboxylic acid groups (broad SMARTS) is 2. The zero-order valence-corrected chi connectivity index (χ0v) is 62.1. The van der Waals surface area contributed by atoms with Crippen LogP contribution in [0.5, 0.6) is 17.2 Å². The van der Waals surface area contributed by atoms with Crippen LogP contribution in [0, 0.1) is 23.7 Å². The first-order valence-corrected chi connectivity index (χ1v) is 35.6. The van der Waals surface area contributed by atoms with Crippen LogP contribution in [0.3, 0.4) is 0 Å². The highest BCUT2D eigenvalue weighted by atomic mass is 19.4. The number of rotatable bonds is 29. The maximum atomic E-state index is 13.1. The van der Waals surface area contributed by atoms with Crippen LogP contribution in [0.25, 0.3) is 0 Å². The highest BCUT2D eigenvalue weighted by Crippen LogP contribution is 2.49. The van der Waals surface area contributed by atoms with Crippen molar-refractivity contribution >= 4 is 35.8 Å². The Bertz CT molecular complexity index is 3540. The van der Waals surface area contributed by atoms with E-state index < -0.39 is 71.8 Å². The first-order chi connectivity index (χ1) is 49.4. The van der Waals surface area contributed by atoms with Gasteiger partial charge in [-0.1, -0.05) is 208 Å². The van der Waals surface area contributed by atoms with Gasteiger partial charge < -0.3 is 54.8 Å². The normalized spacial score (nSPS) is 15.1. The summed E-state index contributed by atoms with van der Waals surface area (Å²) in [6.45, 7) is 24.6. The molecule has 0 heterocycles. The lowest BCUT2D eigenvalue weighted by molar-refractivity contribution is -0.193. The minimum Gasteiger partial charge on any atom is -0.475 e. The van der Waals surface area contributed by atoms with Crippen LogP contribution in [0.1, 0.15) is 214 Å². The van der Waals surface area contributed by atoms with Gasteiger partial charge in [-0.25, -0.2) is 9.59 Å². The molecule has 6 atom stereocenters. The number of alkyl halides is 6. The fraction of sp³-hybridized carbons (Fsp3) is 0.488. The van der Waals surface area contributed by atoms with Crippen LogP contribution < -0.4 is 25.7 Å². The van der Waals surface area contributed by atoms with E-state index in [0.29, 0.717) is 54.8 Å². The van der Waals surface area contributed by atoms with Crippen LogP contribution in [0.2, 0.25) is 0 Å². The second-order valence-corrected chi connectivity index (χ2v) is 28.7. The summed E-state index contributed by atoms with van der Waals surface area (Å²) in [5.74, 6) is -0.993. The number of carboxylic acids is 2. The molecule has 0 spiro atoms. The molecule has 0 unspecified atom stereocenters. The van der Waals surface area contributed by atoms with Gasteiger partial charge in [-0.3, -0.25) is 19.2 Å². The lowest BCUT2D eigenvalue weighted by Crippen LogP contribution is -2.35. The Hall–Kier alpha value is -8.96. The summed E-state index contributed by atoms with van der Waals surface area (Å²) in [6, 6.07) is 46.6. The Morgan fingerprint density at radius 3 is 0.905 bits per heavy atom. The van der Waals surface area contributed by atoms with Gasteiger partial charge in [0.2, 0.25) is 20.4 Å². The third-order valence-corrected chi connectivity index (χ3v) is 17.9. The van der Waals surface area contributed by atoms with Gasteiger partial charge >= 0.3 is 48.2 Å². The van der Waals surface area contributed by atoms with Crippen molar-refractivity contribution in [1.29, 1.82) is 0 Å². The lowest BCUT2D eigenvalue weighted by Gasteiger charge is -2.23. The summed E-state index contributed by atoms with van der Waals surface area (Å²) >= 11 is 0. The van der Waals surface area contributed by atoms with Crippen molar-refractivity contribution in [3.05, 3.63) is 196 Å². The highest BCUT2D eigenvalue weighted by molar-refractivity contribution is 5.80. The minimum absolute atomic E-state index is 0.0441. The molecule has 6 N–H and O–H groups in total. The van der Waals surface area contributed by atoms with Crippen LogP contribution >= 0.6 is 0 Å². The summed E-state index contributed by atoms with van der Waals surface area (Å²) < 4.78 is 103. The number of carbonyl (C=O) groups is 6. The molecular weight excluding hydrogens is 1370 g/mol. The molecule has 3 saturated carbocycles. The van der Waals surface area contributed by atoms with E-state index in [1.165, 1.54) is 55.2 Å². The molecule has 105 heavy (non-hydrogen) atoms. The van der Waals surface area contributed by atoms with Crippen LogP contribution in [-0.2, 0) is 67.0 Å². The average molecular weight is 1470 g/mol. The average Bonchev–Trinajstić information content (AvgIpc) is 1.77. The number of hydrogen-bond acceptors (Lipinski definition) is 15. The Balaban J connectivity index is 0.000000260. The third kappa shape index (κ3) is 30.2. The maximum Gasteiger partial charge on any atom is 0.490 e. The second kappa shape index (κ2) is 41.1. The van der Waals surface area contributed by atoms with Crippen molar-refractivity contribution in [3.63, 3.8) is 0 Å². The smallest absolute Gasteiger partial charge is 0.475 e. The topological polar surface area (TPSA) is 260 Å². The number of para-hydroxylation sites is 3. The number of nitrogens with two attached hydrogens (primary N) is 2. The Morgan fingerprint density at radius 1 is 0.400 bits per heavy atom. The first-order valence-electron chi connectivity index (χ1n) is 35.6. The predicted molar refractivity (Wildman–Crippen MR) is 387 cm³/mol. The van der Waals surface area contributed by atoms with Gasteiger partial charge in [0, 0.05) is 0 Å². The molecule has 3 aliphatic carbocycles. The molecule has 3 aliphatic rings. The van der Waals surface area contributed by atoms with Crippen LogP contribution in [0.4, 0.5) is 26.3 Å². The molecule has 0 radical (unpaired) electrons. The molecule has 0 aromatic heterocycles. The van der Waals surface area contributed by atoms with E-state index in [0.717, 1.165) is 62.5 Å². The lowest BCUT2D eigenvalue weighted by atomic mass is 9.90. The zero-order valence-electron chi connectivity index (χ0n) is 62.1. The first kappa shape index (κ1) is 86.7. The largest absolute Gasteiger partial charge is 0.490 e. The number of hydrogen-bond donors (Lipinski definition) is 4. The summed E-state index contributed by atoms with van der Waals surface area (Å²) in [6.07, 6.45) is -1.33. The molecule has 3 fully saturated rings. The van der Waals surface area contributed by atoms with Crippen molar-refractivity contribution in [2.45, 2.75) is 213 Å². The van der Waals surface area contributed by atoms with E-state index >= 15 is 0 Å². The molecule has 0 bridgehead atoms. The fourth-order valence-electron chi connectivity index (χ4n) is 11.6. The van der Waals surface area contributed by atoms with Crippen molar-refractivity contribution in [2.24, 2.45) is 35.1 Å². The quantitative estimate of drug-likeness (QED) is 0.0147. The van der Waals surface area contributed by atoms with E-state index in [1.807, 2.05) is 112 Å². The Kier molecular flexibility index (Phi) is 33.9. The number of halogens is 6. The summed E-state index contributed by atoms with van der Waals surface area (Å²) in [7, 11) is 0. The number of ether oxygens (including phenoxy) is 7. The molecule has 574 valence electrons. The summed E-state index contributed by atoms with van der Waals surface area (Å²) in [5, 5.41) is 14.2. The van der Waals surface area contributed by atoms with E-state index in [4.69, 9.17) is 64.4 Å². The zero-order chi connectivity index (χ0) is 77.9. The van der Waals surface area contributed by atoms with Crippen LogP contribution in [-0.4, -0.2) is 96.4 Å². The van der Waals surface area contributed by atoms with Crippen molar-refractivity contribution in [1.82, 2.24) is 0 Å². The van der Waals surface area contributed by atoms with E-state index in [9.17, 15) is 45.5 Å². The standard InChI is InChI=1S/C30H40O5.2C24H31NO3.2C2HF3O2/c1-20(2)25-13-10-14-26(21(3)23-15-16-23)28(25)33-19-34-29(32)24(17-22-11-8-7-9-12-22)18-27(31)35-30(4,5)6;2*1-16(2)20-10-7-11-21(17(3)19-12-13-19)23(20)27-15-28-24(26)22(25)14-18-8-5-4-6-9-18;2*3-2(4,5)1(6)7/h7-14,20-21,23-24H,15-19H2,1-6H3;2*4-11,16-17,19,22H,12-15,25H2,1-3H3;2*(H,6,7)/t21-,24-;2*17-,22+;;/m111../s1. The van der Waals surface area contributed by atoms with Gasteiger partial charge in [0.15, 0.2) is 0 Å². The highest BCUT2D eigenvalue weighted by Gasteiger charge is 2.40. The Labute approximate surface area is 613 Å². The molecule has 23 heteroatoms. The van der Waals surface area contributed by atoms with Gasteiger partial charge in [0.05, 0.1) is 12.3 Å². The van der Waals surface area contributed by atoms with Crippen molar-refractivity contribution < 1.29 is 98.5 Å². The number of esters is 4. The molecule has 9 rings (SSSR count). The van der Waals surface area contributed by atoms with Gasteiger partial charge in [-0.2, -0.15) is 26.3 Å². The van der Waals surface area contributed by atoms with Crippen molar-refractivity contribution in [2.75, 3.05) is 20.4 Å². The maximum absolute atomic E-state index is 13.1. The summed E-state index contributed by atoms with van der Waals surface area (Å²) in [5.41, 5.74) is 21.4. The van der Waals surface area contributed by atoms with Crippen molar-refractivity contribution in [3.8, 4) is 17.2 Å². The number of benzene rings is 6.